The number of nitrogens with one attached hydrogen (secondary N) is 2. The summed E-state index contributed by atoms with van der Waals surface area (Å²) in [5.74, 6) is 2.51. The zero-order chi connectivity index (χ0) is 18.4. The molecule has 1 aliphatic rings. The average Bonchev–Trinajstić information content (AvgIpc) is 2.66. The molecule has 0 unspecified atom stereocenters. The Kier molecular flexibility index (Phi) is 6.65. The van der Waals surface area contributed by atoms with Crippen molar-refractivity contribution in [3.63, 3.8) is 0 Å². The molecule has 0 aliphatic carbocycles. The Labute approximate surface area is 167 Å². The molecule has 6 nitrogen and oxygen atoms in total. The summed E-state index contributed by atoms with van der Waals surface area (Å²) in [4.78, 5) is 23.6. The highest BCUT2D eigenvalue weighted by Gasteiger charge is 2.14. The van der Waals surface area contributed by atoms with E-state index < -0.39 is 0 Å². The number of aromatic nitrogens is 2. The van der Waals surface area contributed by atoms with Crippen molar-refractivity contribution in [2.45, 2.75) is 26.2 Å². The van der Waals surface area contributed by atoms with E-state index in [0.29, 0.717) is 18.7 Å². The third-order valence-electron chi connectivity index (χ3n) is 4.34. The number of carbonyl (C=O) groups is 1. The Bertz CT molecular complexity index is 761. The second kappa shape index (κ2) is 9.16. The van der Waals surface area contributed by atoms with Gasteiger partial charge in [0, 0.05) is 35.8 Å². The summed E-state index contributed by atoms with van der Waals surface area (Å²) in [5, 5.41) is 6.23. The molecule has 3 rings (SSSR count). The first-order valence-electron chi connectivity index (χ1n) is 9.01. The van der Waals surface area contributed by atoms with Crippen LogP contribution in [-0.2, 0) is 0 Å². The highest BCUT2D eigenvalue weighted by atomic mass is 127. The van der Waals surface area contributed by atoms with Gasteiger partial charge in [-0.05, 0) is 60.9 Å². The zero-order valence-corrected chi connectivity index (χ0v) is 17.1. The molecule has 2 heterocycles. The van der Waals surface area contributed by atoms with Crippen LogP contribution in [-0.4, -0.2) is 42.1 Å². The number of piperidine rings is 1. The third-order valence-corrected chi connectivity index (χ3v) is 5.28. The molecule has 0 atom stereocenters. The number of halogens is 1. The normalized spacial score (nSPS) is 14.2. The van der Waals surface area contributed by atoms with E-state index in [0.717, 1.165) is 34.1 Å². The van der Waals surface area contributed by atoms with Gasteiger partial charge in [-0.25, -0.2) is 9.97 Å². The molecule has 1 aromatic heterocycles. The van der Waals surface area contributed by atoms with Gasteiger partial charge in [-0.3, -0.25) is 4.79 Å². The lowest BCUT2D eigenvalue weighted by Gasteiger charge is -2.28. The molecule has 7 heteroatoms. The maximum atomic E-state index is 12.2. The highest BCUT2D eigenvalue weighted by molar-refractivity contribution is 14.1. The summed E-state index contributed by atoms with van der Waals surface area (Å²) in [6.07, 6.45) is 3.73. The maximum Gasteiger partial charge on any atom is 0.252 e. The quantitative estimate of drug-likeness (QED) is 0.507. The van der Waals surface area contributed by atoms with Gasteiger partial charge in [0.15, 0.2) is 0 Å². The Morgan fingerprint density at radius 3 is 2.69 bits per heavy atom. The van der Waals surface area contributed by atoms with Crippen LogP contribution in [0.4, 0.5) is 11.6 Å². The predicted molar refractivity (Wildman–Crippen MR) is 113 cm³/mol. The topological polar surface area (TPSA) is 70.2 Å². The van der Waals surface area contributed by atoms with E-state index in [1.807, 2.05) is 37.3 Å². The zero-order valence-electron chi connectivity index (χ0n) is 15.0. The first kappa shape index (κ1) is 18.9. The van der Waals surface area contributed by atoms with E-state index in [9.17, 15) is 4.79 Å². The lowest BCUT2D eigenvalue weighted by molar-refractivity contribution is 0.0954. The fourth-order valence-electron chi connectivity index (χ4n) is 3.03. The van der Waals surface area contributed by atoms with Crippen LogP contribution >= 0.6 is 22.6 Å². The molecule has 0 bridgehead atoms. The molecular formula is C19H24IN5O. The van der Waals surface area contributed by atoms with Crippen LogP contribution in [0.1, 0.15) is 35.4 Å². The SMILES string of the molecule is Cc1nc(NCCNC(=O)c2ccccc2I)cc(N2CCCCC2)n1. The fourth-order valence-corrected chi connectivity index (χ4v) is 3.67. The Balaban J connectivity index is 1.52. The largest absolute Gasteiger partial charge is 0.368 e. The van der Waals surface area contributed by atoms with Gasteiger partial charge in [-0.15, -0.1) is 0 Å². The molecule has 1 aromatic carbocycles. The number of hydrogen-bond donors (Lipinski definition) is 2. The summed E-state index contributed by atoms with van der Waals surface area (Å²) in [6.45, 7) is 5.18. The molecule has 2 N–H and O–H groups in total. The number of amides is 1. The van der Waals surface area contributed by atoms with E-state index in [-0.39, 0.29) is 5.91 Å². The number of hydrogen-bond acceptors (Lipinski definition) is 5. The van der Waals surface area contributed by atoms with Crippen molar-refractivity contribution in [3.05, 3.63) is 45.3 Å². The molecule has 1 saturated heterocycles. The van der Waals surface area contributed by atoms with Crippen molar-refractivity contribution >= 4 is 40.1 Å². The predicted octanol–water partition coefficient (Wildman–Crippen LogP) is 3.22. The van der Waals surface area contributed by atoms with Crippen LogP contribution < -0.4 is 15.5 Å². The minimum Gasteiger partial charge on any atom is -0.368 e. The summed E-state index contributed by atoms with van der Waals surface area (Å²) in [5.41, 5.74) is 0.707. The second-order valence-corrected chi connectivity index (χ2v) is 7.53. The third kappa shape index (κ3) is 5.06. The van der Waals surface area contributed by atoms with Crippen LogP contribution in [0.25, 0.3) is 0 Å². The molecule has 138 valence electrons. The maximum absolute atomic E-state index is 12.2. The van der Waals surface area contributed by atoms with Crippen LogP contribution in [0.3, 0.4) is 0 Å². The van der Waals surface area contributed by atoms with Gasteiger partial charge in [0.1, 0.15) is 17.5 Å². The van der Waals surface area contributed by atoms with E-state index in [2.05, 4.69) is 48.1 Å². The van der Waals surface area contributed by atoms with Crippen molar-refractivity contribution in [1.29, 1.82) is 0 Å². The molecule has 0 radical (unpaired) electrons. The number of aryl methyl sites for hydroxylation is 1. The van der Waals surface area contributed by atoms with Gasteiger partial charge >= 0.3 is 0 Å². The van der Waals surface area contributed by atoms with Gasteiger partial charge in [0.2, 0.25) is 0 Å². The van der Waals surface area contributed by atoms with Gasteiger partial charge in [-0.2, -0.15) is 0 Å². The minimum absolute atomic E-state index is 0.0512. The molecule has 1 amide bonds. The molecule has 1 fully saturated rings. The summed E-state index contributed by atoms with van der Waals surface area (Å²) < 4.78 is 0.952. The average molecular weight is 465 g/mol. The molecular weight excluding hydrogens is 441 g/mol. The number of anilines is 2. The van der Waals surface area contributed by atoms with Crippen molar-refractivity contribution < 1.29 is 4.79 Å². The van der Waals surface area contributed by atoms with Gasteiger partial charge < -0.3 is 15.5 Å². The van der Waals surface area contributed by atoms with Crippen LogP contribution in [0.2, 0.25) is 0 Å². The smallest absolute Gasteiger partial charge is 0.252 e. The Morgan fingerprint density at radius 1 is 1.15 bits per heavy atom. The lowest BCUT2D eigenvalue weighted by Crippen LogP contribution is -2.31. The molecule has 0 saturated carbocycles. The van der Waals surface area contributed by atoms with Crippen LogP contribution in [0.5, 0.6) is 0 Å². The molecule has 0 spiro atoms. The Morgan fingerprint density at radius 2 is 1.92 bits per heavy atom. The van der Waals surface area contributed by atoms with Gasteiger partial charge in [0.25, 0.3) is 5.91 Å². The van der Waals surface area contributed by atoms with E-state index in [1.165, 1.54) is 19.3 Å². The standard InChI is InChI=1S/C19H24IN5O/c1-14-23-17(13-18(24-14)25-11-5-2-6-12-25)21-9-10-22-19(26)15-7-3-4-8-16(15)20/h3-4,7-8,13H,2,5-6,9-12H2,1H3,(H,22,26)(H,21,23,24). The number of carbonyl (C=O) groups excluding carboxylic acids is 1. The van der Waals surface area contributed by atoms with Crippen LogP contribution in [0, 0.1) is 10.5 Å². The number of benzene rings is 1. The van der Waals surface area contributed by atoms with Gasteiger partial charge in [0.05, 0.1) is 5.56 Å². The first-order chi connectivity index (χ1) is 12.6. The fraction of sp³-hybridized carbons (Fsp3) is 0.421. The summed E-state index contributed by atoms with van der Waals surface area (Å²) in [6, 6.07) is 9.57. The van der Waals surface area contributed by atoms with E-state index in [1.54, 1.807) is 0 Å². The lowest BCUT2D eigenvalue weighted by atomic mass is 10.1. The summed E-state index contributed by atoms with van der Waals surface area (Å²) in [7, 11) is 0. The van der Waals surface area contributed by atoms with Crippen molar-refractivity contribution in [2.75, 3.05) is 36.4 Å². The van der Waals surface area contributed by atoms with Crippen LogP contribution in [0.15, 0.2) is 30.3 Å². The first-order valence-corrected chi connectivity index (χ1v) is 10.1. The van der Waals surface area contributed by atoms with Gasteiger partial charge in [-0.1, -0.05) is 12.1 Å². The second-order valence-electron chi connectivity index (χ2n) is 6.37. The monoisotopic (exact) mass is 465 g/mol. The van der Waals surface area contributed by atoms with E-state index in [4.69, 9.17) is 0 Å². The molecule has 2 aromatic rings. The van der Waals surface area contributed by atoms with Crippen molar-refractivity contribution in [1.82, 2.24) is 15.3 Å². The molecule has 1 aliphatic heterocycles. The number of rotatable bonds is 6. The molecule has 26 heavy (non-hydrogen) atoms. The summed E-state index contributed by atoms with van der Waals surface area (Å²) >= 11 is 2.18. The van der Waals surface area contributed by atoms with Crippen molar-refractivity contribution in [3.8, 4) is 0 Å². The minimum atomic E-state index is -0.0512. The Hall–Kier alpha value is -1.90. The highest BCUT2D eigenvalue weighted by Crippen LogP contribution is 2.20. The van der Waals surface area contributed by atoms with Crippen molar-refractivity contribution in [2.24, 2.45) is 0 Å². The van der Waals surface area contributed by atoms with E-state index >= 15 is 0 Å². The number of nitrogens with zero attached hydrogens (tertiary/aromatic N) is 3.